The van der Waals surface area contributed by atoms with E-state index in [2.05, 4.69) is 20.3 Å². The molecule has 0 saturated carbocycles. The van der Waals surface area contributed by atoms with Crippen molar-refractivity contribution in [3.05, 3.63) is 42.0 Å². The molecule has 0 saturated heterocycles. The van der Waals surface area contributed by atoms with E-state index in [4.69, 9.17) is 4.74 Å². The summed E-state index contributed by atoms with van der Waals surface area (Å²) in [6.07, 6.45) is 1.32. The maximum atomic E-state index is 11.9. The fourth-order valence-electron chi connectivity index (χ4n) is 1.37. The number of carbonyl (C=O) groups is 1. The molecule has 1 N–H and O–H groups in total. The van der Waals surface area contributed by atoms with Crippen molar-refractivity contribution in [1.29, 1.82) is 0 Å². The van der Waals surface area contributed by atoms with Crippen molar-refractivity contribution in [2.45, 2.75) is 6.92 Å². The van der Waals surface area contributed by atoms with E-state index in [9.17, 15) is 4.79 Å². The van der Waals surface area contributed by atoms with Crippen LogP contribution >= 0.6 is 0 Å². The van der Waals surface area contributed by atoms with E-state index in [0.717, 1.165) is 5.69 Å². The Morgan fingerprint density at radius 1 is 1.33 bits per heavy atom. The van der Waals surface area contributed by atoms with Crippen molar-refractivity contribution in [1.82, 2.24) is 15.0 Å². The molecule has 0 aliphatic heterocycles. The number of hydrogen-bond donors (Lipinski definition) is 1. The number of amides is 1. The smallest absolute Gasteiger partial charge is 0.275 e. The van der Waals surface area contributed by atoms with Crippen LogP contribution in [0.5, 0.6) is 5.88 Å². The third-order valence-electron chi connectivity index (χ3n) is 2.21. The number of ether oxygens (including phenoxy) is 1. The van der Waals surface area contributed by atoms with E-state index >= 15 is 0 Å². The van der Waals surface area contributed by atoms with Gasteiger partial charge in [0.1, 0.15) is 17.8 Å². The first kappa shape index (κ1) is 12.0. The summed E-state index contributed by atoms with van der Waals surface area (Å²) in [6, 6.07) is 6.77. The molecule has 0 fully saturated rings. The van der Waals surface area contributed by atoms with Crippen molar-refractivity contribution >= 4 is 11.7 Å². The molecule has 18 heavy (non-hydrogen) atoms. The van der Waals surface area contributed by atoms with E-state index in [0.29, 0.717) is 17.4 Å². The molecular weight excluding hydrogens is 232 g/mol. The van der Waals surface area contributed by atoms with Crippen LogP contribution in [0.15, 0.2) is 30.6 Å². The first-order valence-corrected chi connectivity index (χ1v) is 5.30. The molecule has 2 heterocycles. The zero-order chi connectivity index (χ0) is 13.0. The van der Waals surface area contributed by atoms with Crippen molar-refractivity contribution < 1.29 is 9.53 Å². The molecule has 6 nitrogen and oxygen atoms in total. The SMILES string of the molecule is COc1cc(NC(=O)c2cccc(C)n2)ncn1. The predicted molar refractivity (Wildman–Crippen MR) is 65.5 cm³/mol. The monoisotopic (exact) mass is 244 g/mol. The second kappa shape index (κ2) is 5.22. The van der Waals surface area contributed by atoms with Gasteiger partial charge < -0.3 is 10.1 Å². The molecule has 0 unspecified atom stereocenters. The summed E-state index contributed by atoms with van der Waals surface area (Å²) in [5.74, 6) is 0.437. The number of carbonyl (C=O) groups excluding carboxylic acids is 1. The highest BCUT2D eigenvalue weighted by Gasteiger charge is 2.09. The highest BCUT2D eigenvalue weighted by atomic mass is 16.5. The van der Waals surface area contributed by atoms with Crippen LogP contribution in [0.4, 0.5) is 5.82 Å². The summed E-state index contributed by atoms with van der Waals surface area (Å²) in [7, 11) is 1.50. The summed E-state index contributed by atoms with van der Waals surface area (Å²) in [5, 5.41) is 2.63. The van der Waals surface area contributed by atoms with Gasteiger partial charge in [0.25, 0.3) is 5.91 Å². The fraction of sp³-hybridized carbons (Fsp3) is 0.167. The van der Waals surface area contributed by atoms with Crippen LogP contribution in [0, 0.1) is 6.92 Å². The van der Waals surface area contributed by atoms with Crippen molar-refractivity contribution in [3.8, 4) is 5.88 Å². The lowest BCUT2D eigenvalue weighted by Crippen LogP contribution is -2.15. The van der Waals surface area contributed by atoms with Gasteiger partial charge in [-0.1, -0.05) is 6.07 Å². The second-order valence-electron chi connectivity index (χ2n) is 3.56. The number of nitrogens with one attached hydrogen (secondary N) is 1. The van der Waals surface area contributed by atoms with Gasteiger partial charge in [0, 0.05) is 11.8 Å². The van der Waals surface area contributed by atoms with Gasteiger partial charge in [-0.2, -0.15) is 0 Å². The molecule has 2 aromatic heterocycles. The van der Waals surface area contributed by atoms with Gasteiger partial charge in [0.05, 0.1) is 7.11 Å². The normalized spacial score (nSPS) is 9.89. The Labute approximate surface area is 104 Å². The topological polar surface area (TPSA) is 77.0 Å². The van der Waals surface area contributed by atoms with Gasteiger partial charge >= 0.3 is 0 Å². The van der Waals surface area contributed by atoms with Crippen LogP contribution in [0.1, 0.15) is 16.2 Å². The molecule has 0 aromatic carbocycles. The zero-order valence-electron chi connectivity index (χ0n) is 10.0. The first-order valence-electron chi connectivity index (χ1n) is 5.30. The van der Waals surface area contributed by atoms with Crippen LogP contribution in [-0.2, 0) is 0 Å². The van der Waals surface area contributed by atoms with E-state index in [1.807, 2.05) is 13.0 Å². The highest BCUT2D eigenvalue weighted by Crippen LogP contribution is 2.11. The number of aromatic nitrogens is 3. The van der Waals surface area contributed by atoms with Gasteiger partial charge in [0.15, 0.2) is 0 Å². The van der Waals surface area contributed by atoms with Gasteiger partial charge in [0.2, 0.25) is 5.88 Å². The summed E-state index contributed by atoms with van der Waals surface area (Å²) >= 11 is 0. The van der Waals surface area contributed by atoms with Crippen LogP contribution in [0.2, 0.25) is 0 Å². The zero-order valence-corrected chi connectivity index (χ0v) is 10.0. The molecule has 2 rings (SSSR count). The third-order valence-corrected chi connectivity index (χ3v) is 2.21. The standard InChI is InChI=1S/C12H12N4O2/c1-8-4-3-5-9(15-8)12(17)16-10-6-11(18-2)14-7-13-10/h3-7H,1-2H3,(H,13,14,16,17). The molecule has 0 aliphatic rings. The minimum Gasteiger partial charge on any atom is -0.481 e. The first-order chi connectivity index (χ1) is 8.69. The van der Waals surface area contributed by atoms with Crippen molar-refractivity contribution in [2.24, 2.45) is 0 Å². The second-order valence-corrected chi connectivity index (χ2v) is 3.56. The molecule has 0 spiro atoms. The van der Waals surface area contributed by atoms with Crippen LogP contribution in [0.3, 0.4) is 0 Å². The van der Waals surface area contributed by atoms with Gasteiger partial charge in [-0.25, -0.2) is 15.0 Å². The average molecular weight is 244 g/mol. The fourth-order valence-corrected chi connectivity index (χ4v) is 1.37. The molecule has 0 atom stereocenters. The Bertz CT molecular complexity index is 572. The van der Waals surface area contributed by atoms with E-state index in [-0.39, 0.29) is 5.91 Å². The molecular formula is C12H12N4O2. The Hall–Kier alpha value is -2.50. The highest BCUT2D eigenvalue weighted by molar-refractivity contribution is 6.02. The molecule has 0 bridgehead atoms. The summed E-state index contributed by atoms with van der Waals surface area (Å²) in [6.45, 7) is 1.82. The summed E-state index contributed by atoms with van der Waals surface area (Å²) in [5.41, 5.74) is 1.12. The van der Waals surface area contributed by atoms with Crippen LogP contribution in [-0.4, -0.2) is 28.0 Å². The molecule has 0 aliphatic carbocycles. The quantitative estimate of drug-likeness (QED) is 0.884. The minimum atomic E-state index is -0.320. The summed E-state index contributed by atoms with van der Waals surface area (Å²) in [4.78, 5) is 23.8. The Morgan fingerprint density at radius 3 is 2.89 bits per heavy atom. The molecule has 1 amide bonds. The largest absolute Gasteiger partial charge is 0.481 e. The van der Waals surface area contributed by atoms with Crippen LogP contribution in [0.25, 0.3) is 0 Å². The van der Waals surface area contributed by atoms with E-state index < -0.39 is 0 Å². The maximum absolute atomic E-state index is 11.9. The van der Waals surface area contributed by atoms with E-state index in [1.54, 1.807) is 12.1 Å². The number of pyridine rings is 1. The number of rotatable bonds is 3. The third kappa shape index (κ3) is 2.79. The predicted octanol–water partition coefficient (Wildman–Crippen LogP) is 1.44. The van der Waals surface area contributed by atoms with Gasteiger partial charge in [-0.05, 0) is 19.1 Å². The lowest BCUT2D eigenvalue weighted by atomic mass is 10.3. The van der Waals surface area contributed by atoms with Gasteiger partial charge in [-0.3, -0.25) is 4.79 Å². The van der Waals surface area contributed by atoms with Crippen molar-refractivity contribution in [2.75, 3.05) is 12.4 Å². The number of methoxy groups -OCH3 is 1. The minimum absolute atomic E-state index is 0.320. The number of aryl methyl sites for hydroxylation is 1. The number of nitrogens with zero attached hydrogens (tertiary/aromatic N) is 3. The lowest BCUT2D eigenvalue weighted by Gasteiger charge is -2.05. The Morgan fingerprint density at radius 2 is 2.17 bits per heavy atom. The Balaban J connectivity index is 2.16. The van der Waals surface area contributed by atoms with E-state index in [1.165, 1.54) is 19.5 Å². The van der Waals surface area contributed by atoms with Crippen LogP contribution < -0.4 is 10.1 Å². The Kier molecular flexibility index (Phi) is 3.47. The average Bonchev–Trinajstić information content (AvgIpc) is 2.39. The summed E-state index contributed by atoms with van der Waals surface area (Å²) < 4.78 is 4.94. The number of hydrogen-bond acceptors (Lipinski definition) is 5. The molecule has 92 valence electrons. The molecule has 6 heteroatoms. The number of anilines is 1. The lowest BCUT2D eigenvalue weighted by molar-refractivity contribution is 0.102. The molecule has 2 aromatic rings. The van der Waals surface area contributed by atoms with Gasteiger partial charge in [-0.15, -0.1) is 0 Å². The molecule has 0 radical (unpaired) electrons. The maximum Gasteiger partial charge on any atom is 0.275 e. The van der Waals surface area contributed by atoms with Crippen molar-refractivity contribution in [3.63, 3.8) is 0 Å².